The molecule has 2 atom stereocenters. The Balaban J connectivity index is 1.74. The van der Waals surface area contributed by atoms with Crippen molar-refractivity contribution in [3.63, 3.8) is 0 Å². The number of carboxylic acid groups (broad SMARTS) is 1. The predicted octanol–water partition coefficient (Wildman–Crippen LogP) is 7.23. The zero-order valence-corrected chi connectivity index (χ0v) is 21.1. The van der Waals surface area contributed by atoms with E-state index in [0.29, 0.717) is 26.9 Å². The number of nitroso groups, excluding NO2 is 1. The molecule has 0 aliphatic heterocycles. The topological polar surface area (TPSA) is 88.7 Å². The molecule has 9 heteroatoms. The first-order valence-electron chi connectivity index (χ1n) is 11.3. The van der Waals surface area contributed by atoms with Crippen molar-refractivity contribution in [2.75, 3.05) is 0 Å². The van der Waals surface area contributed by atoms with E-state index in [0.717, 1.165) is 11.1 Å². The van der Waals surface area contributed by atoms with Crippen LogP contribution in [0.3, 0.4) is 0 Å². The molecule has 4 aromatic rings. The van der Waals surface area contributed by atoms with E-state index >= 15 is 0 Å². The highest BCUT2D eigenvalue weighted by Crippen LogP contribution is 2.40. The predicted molar refractivity (Wildman–Crippen MR) is 142 cm³/mol. The summed E-state index contributed by atoms with van der Waals surface area (Å²) in [5, 5.41) is 13.3. The minimum atomic E-state index is -1.34. The third kappa shape index (κ3) is 5.63. The number of hydrogen-bond acceptors (Lipinski definition) is 4. The van der Waals surface area contributed by atoms with Crippen LogP contribution in [0.2, 0.25) is 10.0 Å². The molecule has 0 saturated heterocycles. The van der Waals surface area contributed by atoms with E-state index in [1.165, 1.54) is 28.8 Å². The molecule has 188 valence electrons. The number of benzene rings is 3. The lowest BCUT2D eigenvalue weighted by Gasteiger charge is -2.23. The van der Waals surface area contributed by atoms with Crippen molar-refractivity contribution in [3.05, 3.63) is 132 Å². The summed E-state index contributed by atoms with van der Waals surface area (Å²) < 4.78 is 15.6. The summed E-state index contributed by atoms with van der Waals surface area (Å²) in [6, 6.07) is 20.1. The van der Waals surface area contributed by atoms with Gasteiger partial charge in [0, 0.05) is 34.8 Å². The molecule has 0 saturated carbocycles. The van der Waals surface area contributed by atoms with E-state index < -0.39 is 23.4 Å². The van der Waals surface area contributed by atoms with Crippen molar-refractivity contribution in [2.45, 2.75) is 18.4 Å². The number of nitrogens with zero attached hydrogens (tertiary/aromatic N) is 2. The van der Waals surface area contributed by atoms with Crippen molar-refractivity contribution in [3.8, 4) is 11.1 Å². The summed E-state index contributed by atoms with van der Waals surface area (Å²) >= 11 is 12.7. The number of aromatic carboxylic acids is 1. The Kier molecular flexibility index (Phi) is 7.86. The minimum absolute atomic E-state index is 0.226. The molecule has 37 heavy (non-hydrogen) atoms. The number of hydrogen-bond donors (Lipinski definition) is 1. The Hall–Kier alpha value is -3.81. The van der Waals surface area contributed by atoms with Crippen molar-refractivity contribution in [2.24, 2.45) is 12.2 Å². The van der Waals surface area contributed by atoms with E-state index in [4.69, 9.17) is 28.3 Å². The molecule has 4 rings (SSSR count). The molecule has 3 aromatic carbocycles. The number of carbonyl (C=O) groups is 1. The van der Waals surface area contributed by atoms with Crippen LogP contribution in [0.15, 0.2) is 88.8 Å². The van der Waals surface area contributed by atoms with Crippen LogP contribution in [0.5, 0.6) is 0 Å². The minimum Gasteiger partial charge on any atom is -0.478 e. The Bertz CT molecular complexity index is 1540. The molecule has 0 spiro atoms. The van der Waals surface area contributed by atoms with Gasteiger partial charge in [-0.25, -0.2) is 9.18 Å². The second kappa shape index (κ2) is 11.1. The Morgan fingerprint density at radius 3 is 2.32 bits per heavy atom. The Labute approximate surface area is 221 Å². The summed E-state index contributed by atoms with van der Waals surface area (Å²) in [6.45, 7) is 0. The SMILES string of the molecule is Cn1c(C(CC(c2ccc(-c3ccc(C(=O)O)c(F)c3)cc2)c2ccc(Cl)cc2Cl)N=O)cccc1=O. The number of pyridine rings is 1. The van der Waals surface area contributed by atoms with Gasteiger partial charge in [-0.15, -0.1) is 0 Å². The van der Waals surface area contributed by atoms with E-state index in [-0.39, 0.29) is 17.9 Å². The highest BCUT2D eigenvalue weighted by Gasteiger charge is 2.25. The van der Waals surface area contributed by atoms with Crippen LogP contribution in [0, 0.1) is 10.7 Å². The van der Waals surface area contributed by atoms with Gasteiger partial charge >= 0.3 is 5.97 Å². The number of carboxylic acids is 1. The second-order valence-electron chi connectivity index (χ2n) is 8.55. The first-order valence-corrected chi connectivity index (χ1v) is 12.0. The van der Waals surface area contributed by atoms with Crippen LogP contribution < -0.4 is 5.56 Å². The van der Waals surface area contributed by atoms with Crippen molar-refractivity contribution in [1.82, 2.24) is 4.57 Å². The highest BCUT2D eigenvalue weighted by molar-refractivity contribution is 6.35. The van der Waals surface area contributed by atoms with Gasteiger partial charge in [-0.2, -0.15) is 4.91 Å². The zero-order valence-electron chi connectivity index (χ0n) is 19.6. The fourth-order valence-electron chi connectivity index (χ4n) is 4.36. The van der Waals surface area contributed by atoms with Crippen molar-refractivity contribution in [1.29, 1.82) is 0 Å². The summed E-state index contributed by atoms with van der Waals surface area (Å²) in [6.07, 6.45) is 0.226. The standard InChI is InChI=1S/C28H21Cl2FN2O4/c1-33-26(3-2-4-27(33)34)25(32-37)15-22(20-12-10-19(29)14-23(20)30)17-7-5-16(6-8-17)18-9-11-21(28(35)36)24(31)13-18/h2-14,22,25H,15H2,1H3,(H,35,36). The fraction of sp³-hybridized carbons (Fsp3) is 0.143. The molecular formula is C28H21Cl2FN2O4. The maximum atomic E-state index is 14.2. The molecule has 0 aliphatic rings. The number of halogens is 3. The average Bonchev–Trinajstić information content (AvgIpc) is 2.87. The van der Waals surface area contributed by atoms with Gasteiger partial charge < -0.3 is 9.67 Å². The normalized spacial score (nSPS) is 12.6. The molecule has 6 nitrogen and oxygen atoms in total. The largest absolute Gasteiger partial charge is 0.478 e. The van der Waals surface area contributed by atoms with Crippen molar-refractivity contribution < 1.29 is 14.3 Å². The van der Waals surface area contributed by atoms with Gasteiger partial charge in [-0.1, -0.05) is 70.8 Å². The molecule has 2 unspecified atom stereocenters. The quantitative estimate of drug-likeness (QED) is 0.239. The number of aromatic nitrogens is 1. The van der Waals surface area contributed by atoms with Gasteiger partial charge in [-0.3, -0.25) is 4.79 Å². The van der Waals surface area contributed by atoms with E-state index in [2.05, 4.69) is 5.18 Å². The number of rotatable bonds is 8. The summed E-state index contributed by atoms with van der Waals surface area (Å²) in [5.41, 5.74) is 2.55. The van der Waals surface area contributed by atoms with Crippen molar-refractivity contribution >= 4 is 29.2 Å². The van der Waals surface area contributed by atoms with Crippen LogP contribution in [0.1, 0.15) is 45.6 Å². The van der Waals surface area contributed by atoms with Gasteiger partial charge in [0.15, 0.2) is 0 Å². The Morgan fingerprint density at radius 1 is 1.00 bits per heavy atom. The molecule has 1 heterocycles. The lowest BCUT2D eigenvalue weighted by Crippen LogP contribution is -2.21. The van der Waals surface area contributed by atoms with Gasteiger partial charge in [0.2, 0.25) is 0 Å². The third-order valence-electron chi connectivity index (χ3n) is 6.34. The summed E-state index contributed by atoms with van der Waals surface area (Å²) in [7, 11) is 1.59. The van der Waals surface area contributed by atoms with E-state index in [9.17, 15) is 18.9 Å². The molecule has 0 aliphatic carbocycles. The van der Waals surface area contributed by atoms with Crippen LogP contribution in [-0.4, -0.2) is 15.6 Å². The average molecular weight is 539 g/mol. The molecule has 0 amide bonds. The maximum absolute atomic E-state index is 14.2. The molecule has 1 aromatic heterocycles. The summed E-state index contributed by atoms with van der Waals surface area (Å²) in [5.74, 6) is -2.55. The van der Waals surface area contributed by atoms with Crippen LogP contribution >= 0.6 is 23.2 Å². The first-order chi connectivity index (χ1) is 17.7. The Morgan fingerprint density at radius 2 is 1.70 bits per heavy atom. The third-order valence-corrected chi connectivity index (χ3v) is 6.90. The lowest BCUT2D eigenvalue weighted by molar-refractivity contribution is 0.0692. The molecule has 1 N–H and O–H groups in total. The van der Waals surface area contributed by atoms with E-state index in [1.807, 2.05) is 12.1 Å². The van der Waals surface area contributed by atoms with Crippen LogP contribution in [-0.2, 0) is 7.05 Å². The van der Waals surface area contributed by atoms with Gasteiger partial charge in [-0.05, 0) is 59.0 Å². The van der Waals surface area contributed by atoms with Gasteiger partial charge in [0.05, 0.1) is 5.56 Å². The van der Waals surface area contributed by atoms with Gasteiger partial charge in [0.25, 0.3) is 5.56 Å². The first kappa shape index (κ1) is 26.3. The maximum Gasteiger partial charge on any atom is 0.338 e. The molecule has 0 fully saturated rings. The van der Waals surface area contributed by atoms with E-state index in [1.54, 1.807) is 49.5 Å². The van der Waals surface area contributed by atoms with Gasteiger partial charge in [0.1, 0.15) is 11.9 Å². The van der Waals surface area contributed by atoms with Crippen LogP contribution in [0.25, 0.3) is 11.1 Å². The molecular weight excluding hydrogens is 518 g/mol. The monoisotopic (exact) mass is 538 g/mol. The second-order valence-corrected chi connectivity index (χ2v) is 9.39. The smallest absolute Gasteiger partial charge is 0.338 e. The summed E-state index contributed by atoms with van der Waals surface area (Å²) in [4.78, 5) is 35.2. The molecule has 0 bridgehead atoms. The zero-order chi connectivity index (χ0) is 26.7. The fourth-order valence-corrected chi connectivity index (χ4v) is 4.90. The molecule has 0 radical (unpaired) electrons. The lowest BCUT2D eigenvalue weighted by atomic mass is 9.84. The van der Waals surface area contributed by atoms with Crippen LogP contribution in [0.4, 0.5) is 4.39 Å². The highest BCUT2D eigenvalue weighted by atomic mass is 35.5.